The number of carbonyl (C=O) groups is 1. The van der Waals surface area contributed by atoms with Crippen molar-refractivity contribution in [2.45, 2.75) is 11.8 Å². The second-order valence-electron chi connectivity index (χ2n) is 6.07. The first kappa shape index (κ1) is 22.9. The van der Waals surface area contributed by atoms with Crippen molar-refractivity contribution in [1.29, 1.82) is 0 Å². The van der Waals surface area contributed by atoms with Crippen LogP contribution in [0.2, 0.25) is 0 Å². The highest BCUT2D eigenvalue weighted by Gasteiger charge is 2.23. The maximum atomic E-state index is 12.7. The third-order valence-electron chi connectivity index (χ3n) is 4.03. The Morgan fingerprint density at radius 2 is 1.83 bits per heavy atom. The Balaban J connectivity index is 2.05. The summed E-state index contributed by atoms with van der Waals surface area (Å²) in [5.74, 6) is 0.592. The van der Waals surface area contributed by atoms with Gasteiger partial charge in [-0.1, -0.05) is 15.9 Å². The van der Waals surface area contributed by atoms with E-state index in [4.69, 9.17) is 9.47 Å². The molecule has 0 saturated carbocycles. The molecule has 8 nitrogen and oxygen atoms in total. The minimum absolute atomic E-state index is 0.0773. The summed E-state index contributed by atoms with van der Waals surface area (Å²) in [6, 6.07) is 9.86. The number of benzene rings is 2. The number of nitrogens with zero attached hydrogens (tertiary/aromatic N) is 2. The Morgan fingerprint density at radius 1 is 1.17 bits per heavy atom. The molecule has 0 aliphatic rings. The molecule has 0 atom stereocenters. The fourth-order valence-corrected chi connectivity index (χ4v) is 4.09. The van der Waals surface area contributed by atoms with Gasteiger partial charge in [-0.25, -0.2) is 13.8 Å². The van der Waals surface area contributed by atoms with Gasteiger partial charge in [0, 0.05) is 17.1 Å². The van der Waals surface area contributed by atoms with Crippen molar-refractivity contribution in [2.24, 2.45) is 5.10 Å². The van der Waals surface area contributed by atoms with Gasteiger partial charge in [0.15, 0.2) is 0 Å². The van der Waals surface area contributed by atoms with Crippen LogP contribution in [0.25, 0.3) is 0 Å². The maximum Gasteiger partial charge on any atom is 0.255 e. The van der Waals surface area contributed by atoms with Crippen molar-refractivity contribution in [2.75, 3.05) is 27.8 Å². The van der Waals surface area contributed by atoms with Crippen LogP contribution in [-0.2, 0) is 14.8 Å². The largest absolute Gasteiger partial charge is 0.496 e. The molecule has 0 unspecified atom stereocenters. The number of sulfonamides is 1. The van der Waals surface area contributed by atoms with Gasteiger partial charge < -0.3 is 9.47 Å². The molecule has 2 rings (SSSR count). The van der Waals surface area contributed by atoms with Crippen LogP contribution >= 0.6 is 15.9 Å². The van der Waals surface area contributed by atoms with Crippen LogP contribution in [0.4, 0.5) is 0 Å². The summed E-state index contributed by atoms with van der Waals surface area (Å²) in [5, 5.41) is 3.87. The van der Waals surface area contributed by atoms with Gasteiger partial charge in [-0.15, -0.1) is 0 Å². The van der Waals surface area contributed by atoms with Gasteiger partial charge in [0.1, 0.15) is 11.5 Å². The van der Waals surface area contributed by atoms with Crippen LogP contribution in [0, 0.1) is 6.92 Å². The molecule has 0 spiro atoms. The Labute approximate surface area is 178 Å². The molecule has 0 aromatic heterocycles. The molecule has 0 aliphatic heterocycles. The van der Waals surface area contributed by atoms with E-state index >= 15 is 0 Å². The molecule has 1 amide bonds. The first-order valence-electron chi connectivity index (χ1n) is 8.45. The van der Waals surface area contributed by atoms with Crippen molar-refractivity contribution in [3.63, 3.8) is 0 Å². The maximum absolute atomic E-state index is 12.7. The quantitative estimate of drug-likeness (QED) is 0.459. The number of methoxy groups -OCH3 is 2. The second kappa shape index (κ2) is 9.86. The molecular weight excluding hydrogens is 462 g/mol. The smallest absolute Gasteiger partial charge is 0.255 e. The lowest BCUT2D eigenvalue weighted by molar-refractivity contribution is -0.121. The van der Waals surface area contributed by atoms with Crippen LogP contribution in [0.5, 0.6) is 11.5 Å². The van der Waals surface area contributed by atoms with Gasteiger partial charge >= 0.3 is 0 Å². The molecule has 0 aliphatic carbocycles. The van der Waals surface area contributed by atoms with Crippen LogP contribution in [0.1, 0.15) is 11.1 Å². The van der Waals surface area contributed by atoms with Crippen molar-refractivity contribution in [1.82, 2.24) is 9.73 Å². The molecule has 0 fully saturated rings. The van der Waals surface area contributed by atoms with Crippen molar-refractivity contribution in [3.05, 3.63) is 52.0 Å². The third-order valence-corrected chi connectivity index (χ3v) is 6.32. The lowest BCUT2D eigenvalue weighted by Crippen LogP contribution is -2.36. The summed E-state index contributed by atoms with van der Waals surface area (Å²) in [6.45, 7) is 1.36. The second-order valence-corrected chi connectivity index (χ2v) is 9.03. The van der Waals surface area contributed by atoms with Crippen LogP contribution in [0.15, 0.2) is 50.9 Å². The van der Waals surface area contributed by atoms with Gasteiger partial charge in [-0.05, 0) is 48.9 Å². The molecule has 2 aromatic carbocycles. The van der Waals surface area contributed by atoms with E-state index in [1.54, 1.807) is 25.1 Å². The van der Waals surface area contributed by atoms with Gasteiger partial charge in [-0.3, -0.25) is 4.79 Å². The first-order valence-corrected chi connectivity index (χ1v) is 10.7. The number of carbonyl (C=O) groups excluding carboxylic acids is 1. The Bertz CT molecular complexity index is 1020. The van der Waals surface area contributed by atoms with Crippen LogP contribution in [0.3, 0.4) is 0 Å². The topological polar surface area (TPSA) is 97.3 Å². The minimum atomic E-state index is -3.84. The zero-order valence-electron chi connectivity index (χ0n) is 16.5. The molecule has 0 heterocycles. The number of ether oxygens (including phenoxy) is 2. The number of hydrogen-bond acceptors (Lipinski definition) is 6. The SMILES string of the molecule is COc1ccc(S(=O)(=O)N(C)CC(=O)N/N=C\c2cc(Br)ccc2OC)cc1C. The molecule has 0 radical (unpaired) electrons. The standard InChI is InChI=1S/C19H22BrN3O5S/c1-13-9-16(6-8-17(13)27-3)29(25,26)23(2)12-19(24)22-21-11-14-10-15(20)5-7-18(14)28-4/h5-11H,12H2,1-4H3,(H,22,24)/b21-11-. The van der Waals surface area contributed by atoms with E-state index in [2.05, 4.69) is 26.5 Å². The molecule has 0 bridgehead atoms. The molecule has 156 valence electrons. The predicted molar refractivity (Wildman–Crippen MR) is 114 cm³/mol. The van der Waals surface area contributed by atoms with Crippen molar-refractivity contribution < 1.29 is 22.7 Å². The zero-order valence-corrected chi connectivity index (χ0v) is 18.9. The summed E-state index contributed by atoms with van der Waals surface area (Å²) in [7, 11) is 0.532. The van der Waals surface area contributed by atoms with Crippen molar-refractivity contribution in [3.8, 4) is 11.5 Å². The summed E-state index contributed by atoms with van der Waals surface area (Å²) in [5.41, 5.74) is 3.65. The van der Waals surface area contributed by atoms with E-state index in [-0.39, 0.29) is 11.4 Å². The van der Waals surface area contributed by atoms with Crippen molar-refractivity contribution >= 4 is 38.1 Å². The summed E-state index contributed by atoms with van der Waals surface area (Å²) in [6.07, 6.45) is 1.42. The fourth-order valence-electron chi connectivity index (χ4n) is 2.49. The number of nitrogens with one attached hydrogen (secondary N) is 1. The average molecular weight is 484 g/mol. The molecule has 2 aromatic rings. The number of halogens is 1. The highest BCUT2D eigenvalue weighted by Crippen LogP contribution is 2.23. The molecular formula is C19H22BrN3O5S. The summed E-state index contributed by atoms with van der Waals surface area (Å²) >= 11 is 3.35. The molecule has 1 N–H and O–H groups in total. The minimum Gasteiger partial charge on any atom is -0.496 e. The number of likely N-dealkylation sites (N-methyl/N-ethyl adjacent to an activating group) is 1. The Hall–Kier alpha value is -2.43. The van der Waals surface area contributed by atoms with Crippen LogP contribution < -0.4 is 14.9 Å². The van der Waals surface area contributed by atoms with E-state index in [1.807, 2.05) is 6.07 Å². The lowest BCUT2D eigenvalue weighted by Gasteiger charge is -2.17. The average Bonchev–Trinajstić information content (AvgIpc) is 2.68. The fraction of sp³-hybridized carbons (Fsp3) is 0.263. The Kier molecular flexibility index (Phi) is 7.77. The van der Waals surface area contributed by atoms with E-state index in [1.165, 1.54) is 39.6 Å². The third kappa shape index (κ3) is 5.78. The van der Waals surface area contributed by atoms with E-state index < -0.39 is 15.9 Å². The van der Waals surface area contributed by atoms with E-state index in [9.17, 15) is 13.2 Å². The number of hydrogen-bond donors (Lipinski definition) is 1. The van der Waals surface area contributed by atoms with Gasteiger partial charge in [0.25, 0.3) is 5.91 Å². The summed E-state index contributed by atoms with van der Waals surface area (Å²) in [4.78, 5) is 12.2. The number of rotatable bonds is 8. The number of hydrazone groups is 1. The lowest BCUT2D eigenvalue weighted by atomic mass is 10.2. The van der Waals surface area contributed by atoms with Gasteiger partial charge in [-0.2, -0.15) is 9.41 Å². The van der Waals surface area contributed by atoms with Gasteiger partial charge in [0.05, 0.1) is 31.9 Å². The highest BCUT2D eigenvalue weighted by atomic mass is 79.9. The highest BCUT2D eigenvalue weighted by molar-refractivity contribution is 9.10. The summed E-state index contributed by atoms with van der Waals surface area (Å²) < 4.78 is 37.5. The molecule has 10 heteroatoms. The first-order chi connectivity index (χ1) is 13.7. The van der Waals surface area contributed by atoms with E-state index in [0.29, 0.717) is 22.6 Å². The molecule has 29 heavy (non-hydrogen) atoms. The van der Waals surface area contributed by atoms with Crippen LogP contribution in [-0.4, -0.2) is 52.7 Å². The Morgan fingerprint density at radius 3 is 2.45 bits per heavy atom. The number of amides is 1. The predicted octanol–water partition coefficient (Wildman–Crippen LogP) is 2.55. The molecule has 0 saturated heterocycles. The monoisotopic (exact) mass is 483 g/mol. The normalized spacial score (nSPS) is 11.7. The zero-order chi connectivity index (χ0) is 21.6. The van der Waals surface area contributed by atoms with Gasteiger partial charge in [0.2, 0.25) is 10.0 Å². The van der Waals surface area contributed by atoms with E-state index in [0.717, 1.165) is 8.78 Å². The number of aryl methyl sites for hydroxylation is 1.